The van der Waals surface area contributed by atoms with E-state index in [0.717, 1.165) is 0 Å². The van der Waals surface area contributed by atoms with E-state index in [1.165, 1.54) is 19.2 Å². The molecule has 1 aromatic carbocycles. The Morgan fingerprint density at radius 3 is 2.87 bits per heavy atom. The molecule has 0 aromatic heterocycles. The second kappa shape index (κ2) is 5.09. The van der Waals surface area contributed by atoms with Gasteiger partial charge in [-0.15, -0.1) is 0 Å². The van der Waals surface area contributed by atoms with Crippen molar-refractivity contribution in [3.05, 3.63) is 34.6 Å². The number of rotatable bonds is 3. The van der Waals surface area contributed by atoms with Gasteiger partial charge in [-0.3, -0.25) is 4.79 Å². The van der Waals surface area contributed by atoms with Crippen molar-refractivity contribution >= 4 is 17.5 Å². The Balaban J connectivity index is 2.90. The molecule has 1 amide bonds. The number of carbonyl (C=O) groups is 1. The van der Waals surface area contributed by atoms with Crippen LogP contribution in [0.15, 0.2) is 18.2 Å². The van der Waals surface area contributed by atoms with Crippen LogP contribution in [-0.4, -0.2) is 13.0 Å². The maximum atomic E-state index is 13.4. The van der Waals surface area contributed by atoms with Crippen molar-refractivity contribution in [2.24, 2.45) is 5.73 Å². The molecule has 0 aliphatic carbocycles. The summed E-state index contributed by atoms with van der Waals surface area (Å²) in [5.74, 6) is -0.735. The van der Waals surface area contributed by atoms with Crippen LogP contribution in [0.5, 0.6) is 0 Å². The quantitative estimate of drug-likeness (QED) is 0.829. The number of amides is 1. The van der Waals surface area contributed by atoms with E-state index in [0.29, 0.717) is 0 Å². The van der Waals surface area contributed by atoms with Crippen LogP contribution in [0.2, 0.25) is 5.02 Å². The molecule has 1 aromatic rings. The average molecular weight is 231 g/mol. The van der Waals surface area contributed by atoms with Crippen LogP contribution in [0.4, 0.5) is 4.39 Å². The Morgan fingerprint density at radius 1 is 1.67 bits per heavy atom. The van der Waals surface area contributed by atoms with Crippen LogP contribution < -0.4 is 11.1 Å². The van der Waals surface area contributed by atoms with Gasteiger partial charge in [-0.2, -0.15) is 0 Å². The van der Waals surface area contributed by atoms with Crippen LogP contribution >= 0.6 is 11.6 Å². The minimum atomic E-state index is -0.723. The molecule has 0 unspecified atom stereocenters. The highest BCUT2D eigenvalue weighted by atomic mass is 35.5. The predicted molar refractivity (Wildman–Crippen MR) is 57.0 cm³/mol. The number of halogens is 2. The highest BCUT2D eigenvalue weighted by Crippen LogP contribution is 2.26. The normalized spacial score (nSPS) is 12.3. The highest BCUT2D eigenvalue weighted by molar-refractivity contribution is 6.31. The van der Waals surface area contributed by atoms with Gasteiger partial charge >= 0.3 is 0 Å². The van der Waals surface area contributed by atoms with Gasteiger partial charge in [0, 0.05) is 30.1 Å². The third-order valence-corrected chi connectivity index (χ3v) is 2.38. The lowest BCUT2D eigenvalue weighted by molar-refractivity contribution is -0.120. The van der Waals surface area contributed by atoms with Crippen LogP contribution in [0.1, 0.15) is 18.0 Å². The van der Waals surface area contributed by atoms with Gasteiger partial charge in [-0.05, 0) is 12.1 Å². The van der Waals surface area contributed by atoms with Crippen molar-refractivity contribution in [3.8, 4) is 0 Å². The predicted octanol–water partition coefficient (Wildman–Crippen LogP) is 1.61. The molecule has 15 heavy (non-hydrogen) atoms. The fourth-order valence-corrected chi connectivity index (χ4v) is 1.57. The molecule has 0 aliphatic heterocycles. The summed E-state index contributed by atoms with van der Waals surface area (Å²) in [6, 6.07) is 3.58. The van der Waals surface area contributed by atoms with Gasteiger partial charge in [0.2, 0.25) is 5.91 Å². The third-order valence-electron chi connectivity index (χ3n) is 2.05. The molecule has 0 heterocycles. The summed E-state index contributed by atoms with van der Waals surface area (Å²) in [5, 5.41) is 2.66. The van der Waals surface area contributed by atoms with Crippen LogP contribution in [0.25, 0.3) is 0 Å². The largest absolute Gasteiger partial charge is 0.359 e. The molecule has 0 radical (unpaired) electrons. The van der Waals surface area contributed by atoms with E-state index < -0.39 is 11.9 Å². The van der Waals surface area contributed by atoms with Crippen molar-refractivity contribution < 1.29 is 9.18 Å². The van der Waals surface area contributed by atoms with E-state index in [2.05, 4.69) is 5.32 Å². The summed E-state index contributed by atoms with van der Waals surface area (Å²) in [6.45, 7) is 0. The zero-order valence-corrected chi connectivity index (χ0v) is 9.01. The van der Waals surface area contributed by atoms with Gasteiger partial charge in [0.15, 0.2) is 0 Å². The van der Waals surface area contributed by atoms with Crippen LogP contribution in [-0.2, 0) is 4.79 Å². The van der Waals surface area contributed by atoms with E-state index in [4.69, 9.17) is 17.3 Å². The molecule has 0 spiro atoms. The maximum absolute atomic E-state index is 13.4. The number of hydrogen-bond donors (Lipinski definition) is 2. The number of benzene rings is 1. The lowest BCUT2D eigenvalue weighted by atomic mass is 10.0. The molecule has 0 bridgehead atoms. The molecular weight excluding hydrogens is 219 g/mol. The first kappa shape index (κ1) is 11.9. The average Bonchev–Trinajstić information content (AvgIpc) is 2.17. The topological polar surface area (TPSA) is 55.1 Å². The summed E-state index contributed by atoms with van der Waals surface area (Å²) in [4.78, 5) is 11.1. The van der Waals surface area contributed by atoms with Gasteiger partial charge in [0.05, 0.1) is 0 Å². The number of carbonyl (C=O) groups excluding carboxylic acids is 1. The van der Waals surface area contributed by atoms with Crippen LogP contribution in [0, 0.1) is 5.82 Å². The molecule has 0 aliphatic rings. The molecule has 1 atom stereocenters. The monoisotopic (exact) mass is 230 g/mol. The summed E-state index contributed by atoms with van der Waals surface area (Å²) >= 11 is 5.80. The Labute approximate surface area is 92.4 Å². The number of nitrogens with two attached hydrogens (primary N) is 1. The van der Waals surface area contributed by atoms with Gasteiger partial charge in [0.25, 0.3) is 0 Å². The minimum Gasteiger partial charge on any atom is -0.359 e. The number of nitrogens with one attached hydrogen (secondary N) is 1. The van der Waals surface area contributed by atoms with Crippen molar-refractivity contribution in [1.29, 1.82) is 0 Å². The summed E-state index contributed by atoms with van der Waals surface area (Å²) in [5.41, 5.74) is 5.87. The molecule has 82 valence electrons. The van der Waals surface area contributed by atoms with Gasteiger partial charge in [0.1, 0.15) is 5.82 Å². The minimum absolute atomic E-state index is 0.0111. The molecule has 3 N–H and O–H groups in total. The van der Waals surface area contributed by atoms with Crippen molar-refractivity contribution in [2.75, 3.05) is 7.05 Å². The first-order valence-corrected chi connectivity index (χ1v) is 4.84. The Morgan fingerprint density at radius 2 is 2.33 bits per heavy atom. The first-order valence-electron chi connectivity index (χ1n) is 4.46. The summed E-state index contributed by atoms with van der Waals surface area (Å²) < 4.78 is 13.4. The summed E-state index contributed by atoms with van der Waals surface area (Å²) in [7, 11) is 1.50. The molecule has 0 saturated heterocycles. The SMILES string of the molecule is CNC(=O)C[C@@H](N)c1c(F)cccc1Cl. The maximum Gasteiger partial charge on any atom is 0.221 e. The van der Waals surface area contributed by atoms with Crippen molar-refractivity contribution in [3.63, 3.8) is 0 Å². The Hall–Kier alpha value is -1.13. The Bertz CT molecular complexity index is 350. The van der Waals surface area contributed by atoms with Crippen molar-refractivity contribution in [1.82, 2.24) is 5.32 Å². The van der Waals surface area contributed by atoms with Crippen LogP contribution in [0.3, 0.4) is 0 Å². The van der Waals surface area contributed by atoms with E-state index in [1.54, 1.807) is 6.07 Å². The van der Waals surface area contributed by atoms with Gasteiger partial charge < -0.3 is 11.1 Å². The smallest absolute Gasteiger partial charge is 0.221 e. The molecule has 5 heteroatoms. The summed E-state index contributed by atoms with van der Waals surface area (Å²) in [6.07, 6.45) is 0.0111. The second-order valence-electron chi connectivity index (χ2n) is 3.12. The zero-order valence-electron chi connectivity index (χ0n) is 8.26. The third kappa shape index (κ3) is 2.91. The zero-order chi connectivity index (χ0) is 11.4. The lowest BCUT2D eigenvalue weighted by Gasteiger charge is -2.13. The van der Waals surface area contributed by atoms with E-state index in [9.17, 15) is 9.18 Å². The van der Waals surface area contributed by atoms with Gasteiger partial charge in [-0.1, -0.05) is 17.7 Å². The molecule has 0 saturated carbocycles. The fourth-order valence-electron chi connectivity index (χ4n) is 1.27. The molecular formula is C10H12ClFN2O. The molecule has 3 nitrogen and oxygen atoms in total. The van der Waals surface area contributed by atoms with E-state index in [-0.39, 0.29) is 22.9 Å². The van der Waals surface area contributed by atoms with E-state index in [1.807, 2.05) is 0 Å². The van der Waals surface area contributed by atoms with E-state index >= 15 is 0 Å². The number of hydrogen-bond acceptors (Lipinski definition) is 2. The standard InChI is InChI=1S/C10H12ClFN2O/c1-14-9(15)5-8(13)10-6(11)3-2-4-7(10)12/h2-4,8H,5,13H2,1H3,(H,14,15)/t8-/m1/s1. The van der Waals surface area contributed by atoms with Gasteiger partial charge in [-0.25, -0.2) is 4.39 Å². The second-order valence-corrected chi connectivity index (χ2v) is 3.53. The molecule has 0 fully saturated rings. The highest BCUT2D eigenvalue weighted by Gasteiger charge is 2.17. The fraction of sp³-hybridized carbons (Fsp3) is 0.300. The van der Waals surface area contributed by atoms with Crippen molar-refractivity contribution in [2.45, 2.75) is 12.5 Å². The lowest BCUT2D eigenvalue weighted by Crippen LogP contribution is -2.24. The Kier molecular flexibility index (Phi) is 4.05. The molecule has 1 rings (SSSR count). The first-order chi connectivity index (χ1) is 7.06.